The molecule has 1 unspecified atom stereocenters. The van der Waals surface area contributed by atoms with Crippen LogP contribution in [0.4, 0.5) is 8.78 Å². The van der Waals surface area contributed by atoms with Gasteiger partial charge in [-0.2, -0.15) is 0 Å². The molecule has 25 heavy (non-hydrogen) atoms. The minimum atomic E-state index is -3.98. The molecule has 0 aliphatic rings. The summed E-state index contributed by atoms with van der Waals surface area (Å²) in [7, 11) is -3.98. The van der Waals surface area contributed by atoms with Crippen LogP contribution in [0.25, 0.3) is 0 Å². The van der Waals surface area contributed by atoms with Gasteiger partial charge in [-0.15, -0.1) is 11.3 Å². The third kappa shape index (κ3) is 3.96. The number of aliphatic hydroxyl groups is 1. The van der Waals surface area contributed by atoms with Gasteiger partial charge >= 0.3 is 0 Å². The molecule has 0 aliphatic heterocycles. The lowest BCUT2D eigenvalue weighted by atomic mass is 10.2. The van der Waals surface area contributed by atoms with Crippen molar-refractivity contribution in [3.05, 3.63) is 75.9 Å². The van der Waals surface area contributed by atoms with Gasteiger partial charge < -0.3 is 9.52 Å². The molecular weight excluding hydrogens is 372 g/mol. The quantitative estimate of drug-likeness (QED) is 0.683. The number of nitrogens with one attached hydrogen (secondary N) is 1. The van der Waals surface area contributed by atoms with Gasteiger partial charge in [-0.1, -0.05) is 0 Å². The van der Waals surface area contributed by atoms with Crippen LogP contribution >= 0.6 is 11.3 Å². The van der Waals surface area contributed by atoms with E-state index < -0.39 is 27.8 Å². The summed E-state index contributed by atoms with van der Waals surface area (Å²) in [6.07, 6.45) is 0.514. The standard InChI is InChI=1S/C16H13F2NO4S2/c17-12-5-4-11(8-13(12)18)25(21,22)19-9-10-3-6-15(24-10)16(20)14-2-1-7-23-14/h1-8,16,19-20H,9H2. The van der Waals surface area contributed by atoms with Gasteiger partial charge in [0.15, 0.2) is 11.6 Å². The van der Waals surface area contributed by atoms with E-state index in [0.717, 1.165) is 12.1 Å². The van der Waals surface area contributed by atoms with Gasteiger partial charge in [0.2, 0.25) is 10.0 Å². The summed E-state index contributed by atoms with van der Waals surface area (Å²) in [5, 5.41) is 10.2. The summed E-state index contributed by atoms with van der Waals surface area (Å²) in [6.45, 7) is -0.0448. The van der Waals surface area contributed by atoms with Crippen molar-refractivity contribution in [1.82, 2.24) is 4.72 Å². The molecule has 1 aromatic carbocycles. The van der Waals surface area contributed by atoms with Crippen LogP contribution in [0.2, 0.25) is 0 Å². The van der Waals surface area contributed by atoms with Gasteiger partial charge in [-0.25, -0.2) is 21.9 Å². The van der Waals surface area contributed by atoms with Crippen LogP contribution in [0.5, 0.6) is 0 Å². The monoisotopic (exact) mass is 385 g/mol. The smallest absolute Gasteiger partial charge is 0.241 e. The van der Waals surface area contributed by atoms with Crippen molar-refractivity contribution in [2.24, 2.45) is 0 Å². The minimum Gasteiger partial charge on any atom is -0.466 e. The van der Waals surface area contributed by atoms with Crippen LogP contribution in [0.3, 0.4) is 0 Å². The maximum absolute atomic E-state index is 13.2. The molecule has 0 fully saturated rings. The van der Waals surface area contributed by atoms with E-state index in [1.54, 1.807) is 24.3 Å². The number of hydrogen-bond donors (Lipinski definition) is 2. The Labute approximate surface area is 146 Å². The molecule has 0 spiro atoms. The van der Waals surface area contributed by atoms with E-state index in [0.29, 0.717) is 21.6 Å². The highest BCUT2D eigenvalue weighted by molar-refractivity contribution is 7.89. The molecule has 0 aliphatic carbocycles. The largest absolute Gasteiger partial charge is 0.466 e. The summed E-state index contributed by atoms with van der Waals surface area (Å²) in [6, 6.07) is 8.99. The van der Waals surface area contributed by atoms with Gasteiger partial charge in [-0.05, 0) is 42.5 Å². The highest BCUT2D eigenvalue weighted by atomic mass is 32.2. The lowest BCUT2D eigenvalue weighted by molar-refractivity contribution is 0.193. The maximum Gasteiger partial charge on any atom is 0.241 e. The third-order valence-electron chi connectivity index (χ3n) is 3.40. The fourth-order valence-electron chi connectivity index (χ4n) is 2.12. The molecule has 2 heterocycles. The predicted octanol–water partition coefficient (Wildman–Crippen LogP) is 3.18. The number of furan rings is 1. The van der Waals surface area contributed by atoms with Gasteiger partial charge in [0.05, 0.1) is 11.2 Å². The van der Waals surface area contributed by atoms with E-state index >= 15 is 0 Å². The SMILES string of the molecule is O=S(=O)(NCc1ccc(C(O)c2ccco2)s1)c1ccc(F)c(F)c1. The van der Waals surface area contributed by atoms with Crippen molar-refractivity contribution < 1.29 is 26.7 Å². The first-order valence-corrected chi connectivity index (χ1v) is 9.41. The van der Waals surface area contributed by atoms with Gasteiger partial charge in [0.25, 0.3) is 0 Å². The summed E-state index contributed by atoms with van der Waals surface area (Å²) < 4.78 is 57.8. The molecule has 3 aromatic rings. The molecule has 0 bridgehead atoms. The Morgan fingerprint density at radius 1 is 1.16 bits per heavy atom. The highest BCUT2D eigenvalue weighted by Crippen LogP contribution is 2.29. The van der Waals surface area contributed by atoms with Crippen molar-refractivity contribution in [3.63, 3.8) is 0 Å². The third-order valence-corrected chi connectivity index (χ3v) is 5.94. The average Bonchev–Trinajstić information content (AvgIpc) is 3.26. The summed E-state index contributed by atoms with van der Waals surface area (Å²) in [5.74, 6) is -1.97. The van der Waals surface area contributed by atoms with E-state index in [1.807, 2.05) is 0 Å². The molecule has 2 N–H and O–H groups in total. The summed E-state index contributed by atoms with van der Waals surface area (Å²) >= 11 is 1.21. The van der Waals surface area contributed by atoms with Crippen LogP contribution in [-0.4, -0.2) is 13.5 Å². The first-order valence-electron chi connectivity index (χ1n) is 7.11. The number of benzene rings is 1. The van der Waals surface area contributed by atoms with Crippen LogP contribution in [0, 0.1) is 11.6 Å². The Hall–Kier alpha value is -2.07. The number of rotatable bonds is 6. The summed E-state index contributed by atoms with van der Waals surface area (Å²) in [5.41, 5.74) is 0. The first kappa shape index (κ1) is 17.7. The Morgan fingerprint density at radius 3 is 2.64 bits per heavy atom. The second-order valence-corrected chi connectivity index (χ2v) is 8.09. The first-order chi connectivity index (χ1) is 11.9. The number of aliphatic hydroxyl groups excluding tert-OH is 1. The molecule has 1 atom stereocenters. The van der Waals surface area contributed by atoms with E-state index in [2.05, 4.69) is 4.72 Å². The van der Waals surface area contributed by atoms with Crippen molar-refractivity contribution in [2.45, 2.75) is 17.5 Å². The second-order valence-electron chi connectivity index (χ2n) is 5.12. The molecule has 0 saturated heterocycles. The number of halogens is 2. The van der Waals surface area contributed by atoms with Crippen molar-refractivity contribution in [3.8, 4) is 0 Å². The molecule has 0 amide bonds. The Morgan fingerprint density at radius 2 is 1.96 bits per heavy atom. The maximum atomic E-state index is 13.2. The molecular formula is C16H13F2NO4S2. The molecule has 0 saturated carbocycles. The Kier molecular flexibility index (Phi) is 5.00. The van der Waals surface area contributed by atoms with Crippen molar-refractivity contribution in [2.75, 3.05) is 0 Å². The van der Waals surface area contributed by atoms with Crippen molar-refractivity contribution in [1.29, 1.82) is 0 Å². The average molecular weight is 385 g/mol. The molecule has 0 radical (unpaired) electrons. The normalized spacial score (nSPS) is 13.1. The second kappa shape index (κ2) is 7.04. The molecule has 3 rings (SSSR count). The van der Waals surface area contributed by atoms with E-state index in [-0.39, 0.29) is 11.4 Å². The highest BCUT2D eigenvalue weighted by Gasteiger charge is 2.18. The number of hydrogen-bond acceptors (Lipinski definition) is 5. The fraction of sp³-hybridized carbons (Fsp3) is 0.125. The zero-order valence-electron chi connectivity index (χ0n) is 12.6. The Balaban J connectivity index is 1.70. The van der Waals surface area contributed by atoms with Crippen LogP contribution < -0.4 is 4.72 Å². The lowest BCUT2D eigenvalue weighted by Gasteiger charge is -2.06. The van der Waals surface area contributed by atoms with Crippen LogP contribution in [-0.2, 0) is 16.6 Å². The number of sulfonamides is 1. The minimum absolute atomic E-state index is 0.0448. The molecule has 132 valence electrons. The predicted molar refractivity (Wildman–Crippen MR) is 87.5 cm³/mol. The van der Waals surface area contributed by atoms with Gasteiger partial charge in [0.1, 0.15) is 11.9 Å². The fourth-order valence-corrected chi connectivity index (χ4v) is 4.17. The Bertz CT molecular complexity index is 968. The van der Waals surface area contributed by atoms with E-state index in [9.17, 15) is 22.3 Å². The van der Waals surface area contributed by atoms with Crippen molar-refractivity contribution >= 4 is 21.4 Å². The number of thiophene rings is 1. The van der Waals surface area contributed by atoms with Crippen LogP contribution in [0.1, 0.15) is 21.6 Å². The van der Waals surface area contributed by atoms with E-state index in [1.165, 1.54) is 17.6 Å². The topological polar surface area (TPSA) is 79.5 Å². The summed E-state index contributed by atoms with van der Waals surface area (Å²) in [4.78, 5) is 0.877. The molecule has 9 heteroatoms. The van der Waals surface area contributed by atoms with Gasteiger partial charge in [-0.3, -0.25) is 0 Å². The zero-order chi connectivity index (χ0) is 18.0. The van der Waals surface area contributed by atoms with Crippen LogP contribution in [0.15, 0.2) is 58.0 Å². The lowest BCUT2D eigenvalue weighted by Crippen LogP contribution is -2.23. The van der Waals surface area contributed by atoms with Gasteiger partial charge in [0, 0.05) is 16.3 Å². The molecule has 2 aromatic heterocycles. The van der Waals surface area contributed by atoms with E-state index in [4.69, 9.17) is 4.42 Å². The zero-order valence-corrected chi connectivity index (χ0v) is 14.3. The molecule has 5 nitrogen and oxygen atoms in total.